The first-order valence-electron chi connectivity index (χ1n) is 6.11. The second-order valence-corrected chi connectivity index (χ2v) is 7.21. The van der Waals surface area contributed by atoms with Crippen LogP contribution in [0.5, 0.6) is 0 Å². The summed E-state index contributed by atoms with van der Waals surface area (Å²) in [6, 6.07) is 8.23. The molecule has 0 aliphatic rings. The zero-order valence-corrected chi connectivity index (χ0v) is 14.7. The van der Waals surface area contributed by atoms with Gasteiger partial charge in [-0.1, -0.05) is 46.9 Å². The lowest BCUT2D eigenvalue weighted by Gasteiger charge is -2.13. The maximum absolute atomic E-state index is 12.5. The lowest BCUT2D eigenvalue weighted by atomic mass is 10.2. The molecule has 0 bridgehead atoms. The Hall–Kier alpha value is -1.47. The molecule has 5 nitrogen and oxygen atoms in total. The van der Waals surface area contributed by atoms with E-state index in [1.165, 1.54) is 36.4 Å². The lowest BCUT2D eigenvalue weighted by molar-refractivity contribution is 0.0596. The molecule has 0 amide bonds. The van der Waals surface area contributed by atoms with Gasteiger partial charge in [-0.2, -0.15) is 0 Å². The molecule has 0 saturated carbocycles. The molecule has 2 aromatic rings. The number of carbonyl (C=O) groups excluding carboxylic acids is 1. The standard InChI is InChI=1S/C14H10Cl3NO4S/c1-22-14(19)8-4-2-3-5-13(8)23(20,21)18-12-7-10(16)9(15)6-11(12)17/h2-7,18H,1H3. The van der Waals surface area contributed by atoms with Gasteiger partial charge in [0, 0.05) is 0 Å². The minimum atomic E-state index is -4.09. The Morgan fingerprint density at radius 3 is 2.30 bits per heavy atom. The molecule has 2 aromatic carbocycles. The highest BCUT2D eigenvalue weighted by atomic mass is 35.5. The molecule has 0 aromatic heterocycles. The van der Waals surface area contributed by atoms with Crippen molar-refractivity contribution in [1.82, 2.24) is 0 Å². The summed E-state index contributed by atoms with van der Waals surface area (Å²) in [5, 5.41) is 0.392. The van der Waals surface area contributed by atoms with Crippen molar-refractivity contribution in [3.8, 4) is 0 Å². The molecule has 0 heterocycles. The minimum absolute atomic E-state index is 0.0423. The van der Waals surface area contributed by atoms with Crippen LogP contribution in [0.2, 0.25) is 15.1 Å². The molecule has 0 saturated heterocycles. The Labute approximate surface area is 148 Å². The number of hydrogen-bond donors (Lipinski definition) is 1. The second-order valence-electron chi connectivity index (χ2n) is 4.34. The number of halogens is 3. The van der Waals surface area contributed by atoms with Crippen molar-refractivity contribution in [1.29, 1.82) is 0 Å². The van der Waals surface area contributed by atoms with E-state index in [2.05, 4.69) is 9.46 Å². The molecule has 0 aliphatic carbocycles. The van der Waals surface area contributed by atoms with Gasteiger partial charge in [0.1, 0.15) is 4.90 Å². The van der Waals surface area contributed by atoms with Crippen molar-refractivity contribution < 1.29 is 17.9 Å². The number of ether oxygens (including phenoxy) is 1. The number of rotatable bonds is 4. The Morgan fingerprint density at radius 2 is 1.65 bits per heavy atom. The number of hydrogen-bond acceptors (Lipinski definition) is 4. The van der Waals surface area contributed by atoms with Crippen molar-refractivity contribution in [2.24, 2.45) is 0 Å². The van der Waals surface area contributed by atoms with Gasteiger partial charge in [-0.05, 0) is 24.3 Å². The molecule has 0 spiro atoms. The van der Waals surface area contributed by atoms with Gasteiger partial charge >= 0.3 is 5.97 Å². The smallest absolute Gasteiger partial charge is 0.339 e. The molecule has 23 heavy (non-hydrogen) atoms. The summed E-state index contributed by atoms with van der Waals surface area (Å²) in [5.74, 6) is -0.772. The van der Waals surface area contributed by atoms with Crippen LogP contribution in [-0.4, -0.2) is 21.5 Å². The van der Waals surface area contributed by atoms with Gasteiger partial charge in [0.15, 0.2) is 0 Å². The Morgan fingerprint density at radius 1 is 1.04 bits per heavy atom. The first-order chi connectivity index (χ1) is 10.8. The van der Waals surface area contributed by atoms with Gasteiger partial charge in [-0.3, -0.25) is 4.72 Å². The number of methoxy groups -OCH3 is 1. The highest BCUT2D eigenvalue weighted by Crippen LogP contribution is 2.33. The summed E-state index contributed by atoms with van der Waals surface area (Å²) < 4.78 is 31.9. The first-order valence-corrected chi connectivity index (χ1v) is 8.72. The van der Waals surface area contributed by atoms with Crippen LogP contribution in [-0.2, 0) is 14.8 Å². The van der Waals surface area contributed by atoms with Crippen LogP contribution >= 0.6 is 34.8 Å². The van der Waals surface area contributed by atoms with Gasteiger partial charge in [-0.25, -0.2) is 13.2 Å². The van der Waals surface area contributed by atoms with E-state index in [1.807, 2.05) is 0 Å². The third-order valence-corrected chi connectivity index (χ3v) is 5.29. The number of benzene rings is 2. The van der Waals surface area contributed by atoms with Crippen LogP contribution in [0, 0.1) is 0 Å². The van der Waals surface area contributed by atoms with Gasteiger partial charge < -0.3 is 4.74 Å². The topological polar surface area (TPSA) is 72.5 Å². The number of esters is 1. The highest BCUT2D eigenvalue weighted by Gasteiger charge is 2.23. The maximum Gasteiger partial charge on any atom is 0.339 e. The van der Waals surface area contributed by atoms with Crippen molar-refractivity contribution in [3.05, 3.63) is 57.0 Å². The minimum Gasteiger partial charge on any atom is -0.465 e. The number of carbonyl (C=O) groups is 1. The summed E-state index contributed by atoms with van der Waals surface area (Å²) in [6.45, 7) is 0. The van der Waals surface area contributed by atoms with Crippen LogP contribution < -0.4 is 4.72 Å². The van der Waals surface area contributed by atoms with Crippen molar-refractivity contribution in [2.75, 3.05) is 11.8 Å². The van der Waals surface area contributed by atoms with E-state index in [-0.39, 0.29) is 31.2 Å². The number of sulfonamides is 1. The summed E-state index contributed by atoms with van der Waals surface area (Å²) in [4.78, 5) is 11.5. The predicted molar refractivity (Wildman–Crippen MR) is 90.1 cm³/mol. The highest BCUT2D eigenvalue weighted by molar-refractivity contribution is 7.92. The van der Waals surface area contributed by atoms with Crippen LogP contribution in [0.15, 0.2) is 41.3 Å². The van der Waals surface area contributed by atoms with Crippen molar-refractivity contribution in [3.63, 3.8) is 0 Å². The molecule has 1 N–H and O–H groups in total. The molecule has 0 atom stereocenters. The molecule has 0 aliphatic heterocycles. The lowest BCUT2D eigenvalue weighted by Crippen LogP contribution is -2.17. The van der Waals surface area contributed by atoms with Crippen LogP contribution in [0.4, 0.5) is 5.69 Å². The molecule has 2 rings (SSSR count). The van der Waals surface area contributed by atoms with E-state index >= 15 is 0 Å². The average Bonchev–Trinajstić information content (AvgIpc) is 2.51. The fraction of sp³-hybridized carbons (Fsp3) is 0.0714. The second kappa shape index (κ2) is 6.97. The third-order valence-electron chi connectivity index (χ3n) is 2.84. The van der Waals surface area contributed by atoms with Crippen molar-refractivity contribution in [2.45, 2.75) is 4.90 Å². The van der Waals surface area contributed by atoms with Crippen LogP contribution in [0.3, 0.4) is 0 Å². The van der Waals surface area contributed by atoms with E-state index in [4.69, 9.17) is 34.8 Å². The van der Waals surface area contributed by atoms with Gasteiger partial charge in [-0.15, -0.1) is 0 Å². The molecular weight excluding hydrogens is 385 g/mol. The first kappa shape index (κ1) is 17.9. The zero-order valence-electron chi connectivity index (χ0n) is 11.6. The fourth-order valence-electron chi connectivity index (χ4n) is 1.78. The van der Waals surface area contributed by atoms with Gasteiger partial charge in [0.05, 0.1) is 33.4 Å². The molecule has 0 unspecified atom stereocenters. The summed E-state index contributed by atoms with van der Waals surface area (Å²) >= 11 is 17.6. The Kier molecular flexibility index (Phi) is 5.41. The van der Waals surface area contributed by atoms with E-state index in [0.29, 0.717) is 0 Å². The molecule has 0 fully saturated rings. The quantitative estimate of drug-likeness (QED) is 0.622. The van der Waals surface area contributed by atoms with E-state index in [9.17, 15) is 13.2 Å². The molecule has 9 heteroatoms. The van der Waals surface area contributed by atoms with Gasteiger partial charge in [0.25, 0.3) is 10.0 Å². The summed E-state index contributed by atoms with van der Waals surface area (Å²) in [5.41, 5.74) is -0.0561. The summed E-state index contributed by atoms with van der Waals surface area (Å²) in [7, 11) is -2.93. The number of anilines is 1. The Bertz CT molecular complexity index is 868. The number of nitrogens with one attached hydrogen (secondary N) is 1. The molecule has 122 valence electrons. The SMILES string of the molecule is COC(=O)c1ccccc1S(=O)(=O)Nc1cc(Cl)c(Cl)cc1Cl. The van der Waals surface area contributed by atoms with E-state index in [0.717, 1.165) is 7.11 Å². The van der Waals surface area contributed by atoms with E-state index in [1.54, 1.807) is 0 Å². The Balaban J connectivity index is 2.49. The largest absolute Gasteiger partial charge is 0.465 e. The fourth-order valence-corrected chi connectivity index (χ4v) is 3.70. The maximum atomic E-state index is 12.5. The molecular formula is C14H10Cl3NO4S. The van der Waals surface area contributed by atoms with Crippen LogP contribution in [0.25, 0.3) is 0 Å². The van der Waals surface area contributed by atoms with E-state index < -0.39 is 16.0 Å². The van der Waals surface area contributed by atoms with Crippen LogP contribution in [0.1, 0.15) is 10.4 Å². The zero-order chi connectivity index (χ0) is 17.2. The normalized spacial score (nSPS) is 11.1. The monoisotopic (exact) mass is 393 g/mol. The molecule has 0 radical (unpaired) electrons. The predicted octanol–water partition coefficient (Wildman–Crippen LogP) is 4.23. The summed E-state index contributed by atoms with van der Waals surface area (Å²) in [6.07, 6.45) is 0. The van der Waals surface area contributed by atoms with Crippen molar-refractivity contribution >= 4 is 56.5 Å². The van der Waals surface area contributed by atoms with Gasteiger partial charge in [0.2, 0.25) is 0 Å². The third kappa shape index (κ3) is 3.90. The average molecular weight is 395 g/mol.